The highest BCUT2D eigenvalue weighted by Crippen LogP contribution is 2.49. The molecule has 0 unspecified atom stereocenters. The molecule has 1 aliphatic heterocycles. The molecule has 0 saturated carbocycles. The van der Waals surface area contributed by atoms with Gasteiger partial charge in [0.05, 0.1) is 5.70 Å². The molecule has 0 atom stereocenters. The number of allylic oxidation sites excluding steroid dienone is 2. The molecule has 0 radical (unpaired) electrons. The van der Waals surface area contributed by atoms with Gasteiger partial charge in [0.25, 0.3) is 0 Å². The molecule has 5 aromatic rings. The van der Waals surface area contributed by atoms with Crippen molar-refractivity contribution in [3.63, 3.8) is 0 Å². The number of rotatable bonds is 6. The van der Waals surface area contributed by atoms with Gasteiger partial charge in [0.1, 0.15) is 6.26 Å². The summed E-state index contributed by atoms with van der Waals surface area (Å²) in [5.74, 6) is 0. The fourth-order valence-corrected chi connectivity index (χ4v) is 5.26. The fraction of sp³-hybridized carbons (Fsp3) is 0.0286. The van der Waals surface area contributed by atoms with Gasteiger partial charge in [-0.25, -0.2) is 0 Å². The van der Waals surface area contributed by atoms with E-state index in [1.54, 1.807) is 6.26 Å². The Morgan fingerprint density at radius 3 is 1.24 bits per heavy atom. The SMILES string of the molecule is C1=CC(c2ccccc2)=C(c2ccccc2)N(C(c2ccccc2)(c2ccccc2)c2ccccc2)O1. The second kappa shape index (κ2) is 10.0. The van der Waals surface area contributed by atoms with Crippen molar-refractivity contribution in [2.75, 3.05) is 0 Å². The third-order valence-electron chi connectivity index (χ3n) is 6.87. The van der Waals surface area contributed by atoms with Crippen LogP contribution in [-0.4, -0.2) is 5.06 Å². The van der Waals surface area contributed by atoms with E-state index >= 15 is 0 Å². The molecule has 178 valence electrons. The molecule has 2 nitrogen and oxygen atoms in total. The summed E-state index contributed by atoms with van der Waals surface area (Å²) in [4.78, 5) is 6.62. The summed E-state index contributed by atoms with van der Waals surface area (Å²) in [6.07, 6.45) is 3.87. The van der Waals surface area contributed by atoms with Crippen LogP contribution in [0.15, 0.2) is 164 Å². The summed E-state index contributed by atoms with van der Waals surface area (Å²) in [6.45, 7) is 0. The van der Waals surface area contributed by atoms with E-state index in [0.717, 1.165) is 39.1 Å². The van der Waals surface area contributed by atoms with E-state index < -0.39 is 5.54 Å². The quantitative estimate of drug-likeness (QED) is 0.228. The molecule has 1 aliphatic rings. The summed E-state index contributed by atoms with van der Waals surface area (Å²) in [5, 5.41) is 2.10. The van der Waals surface area contributed by atoms with Crippen LogP contribution in [-0.2, 0) is 10.4 Å². The van der Waals surface area contributed by atoms with Crippen LogP contribution >= 0.6 is 0 Å². The Hall–Kier alpha value is -4.82. The van der Waals surface area contributed by atoms with Gasteiger partial charge in [0.2, 0.25) is 0 Å². The maximum Gasteiger partial charge on any atom is 0.153 e. The highest BCUT2D eigenvalue weighted by Gasteiger charge is 2.46. The second-order valence-electron chi connectivity index (χ2n) is 9.01. The third kappa shape index (κ3) is 4.03. The predicted molar refractivity (Wildman–Crippen MR) is 151 cm³/mol. The standard InChI is InChI=1S/C35H27NO/c1-6-16-28(17-7-1)33-26-27-37-36(34(33)29-18-8-2-9-19-29)35(30-20-10-3-11-21-30,31-22-12-4-13-23-31)32-24-14-5-15-25-32/h1-27H. The van der Waals surface area contributed by atoms with E-state index in [1.807, 2.05) is 0 Å². The third-order valence-corrected chi connectivity index (χ3v) is 6.87. The van der Waals surface area contributed by atoms with E-state index in [1.165, 1.54) is 0 Å². The van der Waals surface area contributed by atoms with Crippen LogP contribution in [0.3, 0.4) is 0 Å². The van der Waals surface area contributed by atoms with Gasteiger partial charge in [-0.05, 0) is 28.3 Å². The molecule has 0 aliphatic carbocycles. The van der Waals surface area contributed by atoms with Crippen LogP contribution in [0.25, 0.3) is 11.3 Å². The van der Waals surface area contributed by atoms with E-state index in [0.29, 0.717) is 0 Å². The molecule has 0 fully saturated rings. The van der Waals surface area contributed by atoms with Crippen LogP contribution in [0.1, 0.15) is 27.8 Å². The molecule has 0 bridgehead atoms. The molecule has 0 N–H and O–H groups in total. The maximum absolute atomic E-state index is 6.62. The minimum atomic E-state index is -0.764. The summed E-state index contributed by atoms with van der Waals surface area (Å²) in [5.41, 5.74) is 6.90. The smallest absolute Gasteiger partial charge is 0.153 e. The first-order valence-electron chi connectivity index (χ1n) is 12.5. The lowest BCUT2D eigenvalue weighted by molar-refractivity contribution is -0.103. The predicted octanol–water partition coefficient (Wildman–Crippen LogP) is 8.31. The monoisotopic (exact) mass is 477 g/mol. The maximum atomic E-state index is 6.62. The average Bonchev–Trinajstić information content (AvgIpc) is 3.00. The van der Waals surface area contributed by atoms with Gasteiger partial charge in [-0.1, -0.05) is 152 Å². The fourth-order valence-electron chi connectivity index (χ4n) is 5.26. The Morgan fingerprint density at radius 1 is 0.432 bits per heavy atom. The van der Waals surface area contributed by atoms with Crippen molar-refractivity contribution in [3.05, 3.63) is 192 Å². The molecule has 0 aromatic heterocycles. The molecule has 6 rings (SSSR count). The van der Waals surface area contributed by atoms with Crippen molar-refractivity contribution in [1.29, 1.82) is 0 Å². The molecule has 0 saturated heterocycles. The van der Waals surface area contributed by atoms with E-state index in [-0.39, 0.29) is 0 Å². The Bertz CT molecular complexity index is 1410. The Morgan fingerprint density at radius 2 is 0.811 bits per heavy atom. The minimum Gasteiger partial charge on any atom is -0.386 e. The molecule has 5 aromatic carbocycles. The number of hydroxylamine groups is 2. The lowest BCUT2D eigenvalue weighted by Crippen LogP contribution is -2.47. The first kappa shape index (κ1) is 22.6. The largest absolute Gasteiger partial charge is 0.386 e. The Balaban J connectivity index is 1.74. The molecule has 2 heteroatoms. The first-order chi connectivity index (χ1) is 18.4. The van der Waals surface area contributed by atoms with Gasteiger partial charge in [0.15, 0.2) is 5.54 Å². The van der Waals surface area contributed by atoms with Gasteiger partial charge in [-0.2, -0.15) is 5.06 Å². The van der Waals surface area contributed by atoms with Gasteiger partial charge in [-0.15, -0.1) is 0 Å². The Kier molecular flexibility index (Phi) is 6.14. The second-order valence-corrected chi connectivity index (χ2v) is 9.01. The highest BCUT2D eigenvalue weighted by molar-refractivity contribution is 5.95. The number of hydrogen-bond acceptors (Lipinski definition) is 2. The van der Waals surface area contributed by atoms with Crippen molar-refractivity contribution >= 4 is 11.3 Å². The molecule has 1 heterocycles. The Labute approximate surface area is 218 Å². The van der Waals surface area contributed by atoms with E-state index in [9.17, 15) is 0 Å². The summed E-state index contributed by atoms with van der Waals surface area (Å²) >= 11 is 0. The molecule has 0 amide bonds. The van der Waals surface area contributed by atoms with Crippen molar-refractivity contribution in [2.45, 2.75) is 5.54 Å². The molecular formula is C35H27NO. The minimum absolute atomic E-state index is 0.764. The van der Waals surface area contributed by atoms with E-state index in [2.05, 4.69) is 163 Å². The van der Waals surface area contributed by atoms with Gasteiger partial charge in [0, 0.05) is 11.1 Å². The van der Waals surface area contributed by atoms with Crippen molar-refractivity contribution < 1.29 is 4.84 Å². The van der Waals surface area contributed by atoms with Crippen LogP contribution in [0, 0.1) is 0 Å². The number of nitrogens with zero attached hydrogens (tertiary/aromatic N) is 1. The highest BCUT2D eigenvalue weighted by atomic mass is 16.7. The lowest BCUT2D eigenvalue weighted by Gasteiger charge is -2.47. The molecule has 0 spiro atoms. The van der Waals surface area contributed by atoms with Crippen LogP contribution in [0.4, 0.5) is 0 Å². The molecular weight excluding hydrogens is 450 g/mol. The number of benzene rings is 5. The van der Waals surface area contributed by atoms with Crippen molar-refractivity contribution in [3.8, 4) is 0 Å². The normalized spacial score (nSPS) is 13.4. The summed E-state index contributed by atoms with van der Waals surface area (Å²) in [6, 6.07) is 52.9. The van der Waals surface area contributed by atoms with Crippen LogP contribution < -0.4 is 0 Å². The zero-order chi connectivity index (χ0) is 24.9. The van der Waals surface area contributed by atoms with E-state index in [4.69, 9.17) is 4.84 Å². The molecule has 37 heavy (non-hydrogen) atoms. The van der Waals surface area contributed by atoms with Crippen molar-refractivity contribution in [1.82, 2.24) is 5.06 Å². The summed E-state index contributed by atoms with van der Waals surface area (Å²) in [7, 11) is 0. The average molecular weight is 478 g/mol. The van der Waals surface area contributed by atoms with Gasteiger partial charge < -0.3 is 4.84 Å². The zero-order valence-electron chi connectivity index (χ0n) is 20.4. The van der Waals surface area contributed by atoms with Crippen LogP contribution in [0.5, 0.6) is 0 Å². The van der Waals surface area contributed by atoms with Crippen molar-refractivity contribution in [2.24, 2.45) is 0 Å². The first-order valence-corrected chi connectivity index (χ1v) is 12.5. The topological polar surface area (TPSA) is 12.5 Å². The van der Waals surface area contributed by atoms with Gasteiger partial charge >= 0.3 is 0 Å². The lowest BCUT2D eigenvalue weighted by atomic mass is 9.75. The zero-order valence-corrected chi connectivity index (χ0v) is 20.4. The number of hydrogen-bond donors (Lipinski definition) is 0. The van der Waals surface area contributed by atoms with Gasteiger partial charge in [-0.3, -0.25) is 0 Å². The summed E-state index contributed by atoms with van der Waals surface area (Å²) < 4.78 is 0. The van der Waals surface area contributed by atoms with Crippen LogP contribution in [0.2, 0.25) is 0 Å².